The number of anilines is 1. The highest BCUT2D eigenvalue weighted by Gasteiger charge is 2.48. The van der Waals surface area contributed by atoms with Gasteiger partial charge in [0.1, 0.15) is 17.6 Å². The molecule has 250 valence electrons. The van der Waals surface area contributed by atoms with E-state index in [-0.39, 0.29) is 22.6 Å². The number of aliphatic hydroxyl groups is 1. The van der Waals surface area contributed by atoms with Crippen molar-refractivity contribution in [1.82, 2.24) is 10.2 Å². The first-order chi connectivity index (χ1) is 23.3. The third-order valence-electron chi connectivity index (χ3n) is 8.11. The van der Waals surface area contributed by atoms with Crippen molar-refractivity contribution in [3.63, 3.8) is 0 Å². The van der Waals surface area contributed by atoms with Crippen molar-refractivity contribution in [2.24, 2.45) is 0 Å². The van der Waals surface area contributed by atoms with Crippen LogP contribution in [0.5, 0.6) is 17.2 Å². The number of hydrogen-bond acceptors (Lipinski definition) is 10. The molecule has 48 heavy (non-hydrogen) atoms. The quantitative estimate of drug-likeness (QED) is 0.0366. The highest BCUT2D eigenvalue weighted by atomic mass is 35.5. The number of unbranched alkanes of at least 4 members (excludes halogenated alkanes) is 2. The number of ether oxygens (including phenoxy) is 3. The molecule has 1 aromatic heterocycles. The van der Waals surface area contributed by atoms with Crippen LogP contribution in [0.4, 0.5) is 5.13 Å². The number of rotatable bonds is 13. The molecule has 1 fully saturated rings. The molecule has 0 bridgehead atoms. The summed E-state index contributed by atoms with van der Waals surface area (Å²) in [4.78, 5) is 29.0. The average Bonchev–Trinajstić information content (AvgIpc) is 3.77. The van der Waals surface area contributed by atoms with Crippen LogP contribution in [0.1, 0.15) is 68.3 Å². The highest BCUT2D eigenvalue weighted by Crippen LogP contribution is 2.46. The zero-order valence-corrected chi connectivity index (χ0v) is 29.3. The SMILES string of the molecule is CCCCCOc1ccc([C@@H]2/C(=C(\O)c3ccc4c(c3)C[C@H](C)O4)C(=O)C(=O)N2c2nnc(SCc3ccccc3Cl)s2)cc1OCC. The number of aliphatic hydroxyl groups excluding tert-OH is 1. The molecule has 12 heteroatoms. The van der Waals surface area contributed by atoms with E-state index in [0.29, 0.717) is 57.4 Å². The van der Waals surface area contributed by atoms with Crippen LogP contribution in [-0.2, 0) is 21.8 Å². The third-order valence-corrected chi connectivity index (χ3v) is 10.6. The molecule has 3 aromatic carbocycles. The van der Waals surface area contributed by atoms with E-state index >= 15 is 0 Å². The van der Waals surface area contributed by atoms with Gasteiger partial charge in [0.15, 0.2) is 15.8 Å². The van der Waals surface area contributed by atoms with Crippen LogP contribution in [0.3, 0.4) is 0 Å². The molecule has 2 aliphatic rings. The highest BCUT2D eigenvalue weighted by molar-refractivity contribution is 8.00. The molecule has 0 aliphatic carbocycles. The lowest BCUT2D eigenvalue weighted by molar-refractivity contribution is -0.132. The number of carbonyl (C=O) groups excluding carboxylic acids is 2. The number of aromatic nitrogens is 2. The lowest BCUT2D eigenvalue weighted by atomic mass is 9.94. The molecule has 0 spiro atoms. The largest absolute Gasteiger partial charge is 0.507 e. The Morgan fingerprint density at radius 2 is 1.90 bits per heavy atom. The van der Waals surface area contributed by atoms with Crippen LogP contribution in [0.25, 0.3) is 5.76 Å². The summed E-state index contributed by atoms with van der Waals surface area (Å²) in [6.07, 6.45) is 3.70. The third kappa shape index (κ3) is 7.04. The fourth-order valence-electron chi connectivity index (χ4n) is 5.80. The van der Waals surface area contributed by atoms with Gasteiger partial charge in [-0.25, -0.2) is 0 Å². The average molecular weight is 706 g/mol. The maximum atomic E-state index is 13.9. The summed E-state index contributed by atoms with van der Waals surface area (Å²) in [5, 5.41) is 21.3. The van der Waals surface area contributed by atoms with E-state index in [1.165, 1.54) is 28.0 Å². The molecule has 3 heterocycles. The Kier molecular flexibility index (Phi) is 10.6. The molecule has 0 radical (unpaired) electrons. The first-order valence-electron chi connectivity index (χ1n) is 16.0. The van der Waals surface area contributed by atoms with Gasteiger partial charge in [-0.05, 0) is 73.4 Å². The van der Waals surface area contributed by atoms with Gasteiger partial charge in [0, 0.05) is 22.8 Å². The number of carbonyl (C=O) groups is 2. The first kappa shape index (κ1) is 33.8. The van der Waals surface area contributed by atoms with E-state index < -0.39 is 17.7 Å². The minimum absolute atomic E-state index is 0.00468. The second-order valence-corrected chi connectivity index (χ2v) is 14.1. The van der Waals surface area contributed by atoms with E-state index in [0.717, 1.165) is 36.1 Å². The fraction of sp³-hybridized carbons (Fsp3) is 0.333. The standard InChI is InChI=1S/C36H36ClN3O6S2/c1-4-6-9-16-45-28-15-12-22(19-29(28)44-5-2)31-30(32(41)23-13-14-27-25(18-23)17-21(3)46-27)33(42)34(43)40(31)35-38-39-36(48-35)47-20-24-10-7-8-11-26(24)37/h7-8,10-15,18-19,21,31,41H,4-6,9,16-17,20H2,1-3H3/b32-30+/t21-,31+/m0/s1. The van der Waals surface area contributed by atoms with Gasteiger partial charge in [-0.3, -0.25) is 14.5 Å². The number of hydrogen-bond donors (Lipinski definition) is 1. The van der Waals surface area contributed by atoms with Crippen LogP contribution in [-0.4, -0.2) is 46.3 Å². The Bertz CT molecular complexity index is 1860. The van der Waals surface area contributed by atoms with E-state index in [1.807, 2.05) is 44.2 Å². The number of thioether (sulfide) groups is 1. The van der Waals surface area contributed by atoms with Gasteiger partial charge in [0.05, 0.1) is 24.8 Å². The van der Waals surface area contributed by atoms with Gasteiger partial charge in [-0.15, -0.1) is 10.2 Å². The number of halogens is 1. The van der Waals surface area contributed by atoms with Crippen LogP contribution < -0.4 is 19.1 Å². The molecule has 9 nitrogen and oxygen atoms in total. The van der Waals surface area contributed by atoms with Crippen molar-refractivity contribution in [3.05, 3.63) is 93.5 Å². The Morgan fingerprint density at radius 1 is 1.06 bits per heavy atom. The number of Topliss-reactive ketones (excluding diaryl/α,β-unsaturated/α-hetero) is 1. The Balaban J connectivity index is 1.40. The molecular weight excluding hydrogens is 670 g/mol. The molecule has 1 N–H and O–H groups in total. The Morgan fingerprint density at radius 3 is 2.69 bits per heavy atom. The zero-order chi connectivity index (χ0) is 33.8. The number of benzene rings is 3. The fourth-order valence-corrected chi connectivity index (χ4v) is 7.95. The van der Waals surface area contributed by atoms with Crippen molar-refractivity contribution in [1.29, 1.82) is 0 Å². The molecule has 0 saturated carbocycles. The lowest BCUT2D eigenvalue weighted by Crippen LogP contribution is -2.29. The predicted molar refractivity (Wildman–Crippen MR) is 189 cm³/mol. The topological polar surface area (TPSA) is 111 Å². The van der Waals surface area contributed by atoms with Gasteiger partial charge < -0.3 is 19.3 Å². The summed E-state index contributed by atoms with van der Waals surface area (Å²) >= 11 is 8.98. The number of ketones is 1. The van der Waals surface area contributed by atoms with E-state index in [1.54, 1.807) is 30.3 Å². The van der Waals surface area contributed by atoms with Crippen molar-refractivity contribution in [3.8, 4) is 17.2 Å². The molecule has 1 saturated heterocycles. The van der Waals surface area contributed by atoms with E-state index in [2.05, 4.69) is 17.1 Å². The van der Waals surface area contributed by atoms with Crippen LogP contribution in [0.2, 0.25) is 5.02 Å². The Hall–Kier alpha value is -4.06. The van der Waals surface area contributed by atoms with E-state index in [4.69, 9.17) is 25.8 Å². The summed E-state index contributed by atoms with van der Waals surface area (Å²) in [6.45, 7) is 6.90. The molecule has 1 amide bonds. The zero-order valence-electron chi connectivity index (χ0n) is 26.9. The molecule has 6 rings (SSSR count). The predicted octanol–water partition coefficient (Wildman–Crippen LogP) is 8.40. The minimum atomic E-state index is -1.00. The first-order valence-corrected chi connectivity index (χ1v) is 18.2. The summed E-state index contributed by atoms with van der Waals surface area (Å²) in [5.41, 5.74) is 2.79. The second kappa shape index (κ2) is 15.0. The van der Waals surface area contributed by atoms with Gasteiger partial charge >= 0.3 is 5.91 Å². The van der Waals surface area contributed by atoms with Crippen molar-refractivity contribution in [2.45, 2.75) is 68.7 Å². The summed E-state index contributed by atoms with van der Waals surface area (Å²) < 4.78 is 18.5. The van der Waals surface area contributed by atoms with E-state index in [9.17, 15) is 14.7 Å². The second-order valence-electron chi connectivity index (χ2n) is 11.5. The minimum Gasteiger partial charge on any atom is -0.507 e. The van der Waals surface area contributed by atoms with Crippen LogP contribution in [0, 0.1) is 0 Å². The smallest absolute Gasteiger partial charge is 0.301 e. The van der Waals surface area contributed by atoms with Gasteiger partial charge in [0.25, 0.3) is 5.78 Å². The van der Waals surface area contributed by atoms with Gasteiger partial charge in [-0.1, -0.05) is 78.7 Å². The molecule has 2 atom stereocenters. The number of amides is 1. The summed E-state index contributed by atoms with van der Waals surface area (Å²) in [5.74, 6) is 0.428. The molecular formula is C36H36ClN3O6S2. The molecule has 0 unspecified atom stereocenters. The molecule has 2 aliphatic heterocycles. The van der Waals surface area contributed by atoms with Crippen molar-refractivity contribution in [2.75, 3.05) is 18.1 Å². The van der Waals surface area contributed by atoms with Crippen LogP contribution >= 0.6 is 34.7 Å². The van der Waals surface area contributed by atoms with Crippen molar-refractivity contribution < 1.29 is 28.9 Å². The van der Waals surface area contributed by atoms with Crippen LogP contribution in [0.15, 0.2) is 70.6 Å². The monoisotopic (exact) mass is 705 g/mol. The Labute approximate surface area is 292 Å². The van der Waals surface area contributed by atoms with Gasteiger partial charge in [0.2, 0.25) is 5.13 Å². The summed E-state index contributed by atoms with van der Waals surface area (Å²) in [6, 6.07) is 17.2. The molecule has 4 aromatic rings. The van der Waals surface area contributed by atoms with Gasteiger partial charge in [-0.2, -0.15) is 0 Å². The lowest BCUT2D eigenvalue weighted by Gasteiger charge is -2.23. The maximum absolute atomic E-state index is 13.9. The maximum Gasteiger partial charge on any atom is 0.301 e. The number of nitrogens with zero attached hydrogens (tertiary/aromatic N) is 3. The van der Waals surface area contributed by atoms with Crippen molar-refractivity contribution >= 4 is 57.3 Å². The summed E-state index contributed by atoms with van der Waals surface area (Å²) in [7, 11) is 0. The number of fused-ring (bicyclic) bond motifs is 1. The normalized spacial score (nSPS) is 18.2.